The lowest BCUT2D eigenvalue weighted by Gasteiger charge is -2.36. The van der Waals surface area contributed by atoms with Crippen LogP contribution < -0.4 is 10.6 Å². The second-order valence-electron chi connectivity index (χ2n) is 7.63. The fourth-order valence-corrected chi connectivity index (χ4v) is 3.57. The first-order valence-corrected chi connectivity index (χ1v) is 10.3. The summed E-state index contributed by atoms with van der Waals surface area (Å²) in [7, 11) is 1.82. The average Bonchev–Trinajstić information content (AvgIpc) is 3.37. The molecule has 1 aliphatic carbocycles. The quantitative estimate of drug-likeness (QED) is 0.560. The van der Waals surface area contributed by atoms with Gasteiger partial charge in [-0.3, -0.25) is 14.7 Å². The van der Waals surface area contributed by atoms with Gasteiger partial charge in [0.2, 0.25) is 5.91 Å². The minimum absolute atomic E-state index is 0.153. The number of amides is 1. The molecule has 0 atom stereocenters. The monoisotopic (exact) mass is 395 g/mol. The predicted octanol–water partition coefficient (Wildman–Crippen LogP) is 0.844. The minimum atomic E-state index is 0.153. The van der Waals surface area contributed by atoms with Gasteiger partial charge < -0.3 is 15.5 Å². The van der Waals surface area contributed by atoms with Crippen LogP contribution in [0, 0.1) is 0 Å². The zero-order valence-electron chi connectivity index (χ0n) is 16.9. The Morgan fingerprint density at radius 2 is 2.03 bits per heavy atom. The van der Waals surface area contributed by atoms with Gasteiger partial charge in [0.1, 0.15) is 0 Å². The molecule has 2 N–H and O–H groups in total. The fraction of sp³-hybridized carbons (Fsp3) is 0.476. The van der Waals surface area contributed by atoms with E-state index in [4.69, 9.17) is 0 Å². The molecule has 1 saturated carbocycles. The summed E-state index contributed by atoms with van der Waals surface area (Å²) < 4.78 is 1.86. The van der Waals surface area contributed by atoms with Crippen LogP contribution >= 0.6 is 0 Å². The third kappa shape index (κ3) is 5.35. The highest BCUT2D eigenvalue weighted by Crippen LogP contribution is 2.18. The molecule has 29 heavy (non-hydrogen) atoms. The number of rotatable bonds is 6. The van der Waals surface area contributed by atoms with E-state index in [0.717, 1.165) is 50.7 Å². The number of hydrogen-bond acceptors (Lipinski definition) is 4. The summed E-state index contributed by atoms with van der Waals surface area (Å²) >= 11 is 0. The van der Waals surface area contributed by atoms with E-state index >= 15 is 0 Å². The largest absolute Gasteiger partial charge is 0.352 e. The van der Waals surface area contributed by atoms with Crippen LogP contribution in [0.1, 0.15) is 18.4 Å². The molecular formula is C21H29N7O. The van der Waals surface area contributed by atoms with Gasteiger partial charge in [-0.2, -0.15) is 5.10 Å². The van der Waals surface area contributed by atoms with Crippen LogP contribution in [-0.2, 0) is 11.3 Å². The van der Waals surface area contributed by atoms with Crippen LogP contribution in [0.4, 0.5) is 0 Å². The molecule has 8 nitrogen and oxygen atoms in total. The van der Waals surface area contributed by atoms with Gasteiger partial charge in [0.05, 0.1) is 12.2 Å². The average molecular weight is 396 g/mol. The number of piperazine rings is 1. The third-order valence-electron chi connectivity index (χ3n) is 5.32. The molecular weight excluding hydrogens is 366 g/mol. The van der Waals surface area contributed by atoms with Crippen molar-refractivity contribution in [2.75, 3.05) is 39.8 Å². The molecule has 154 valence electrons. The molecule has 0 unspecified atom stereocenters. The maximum absolute atomic E-state index is 12.0. The maximum atomic E-state index is 12.0. The van der Waals surface area contributed by atoms with Crippen LogP contribution in [-0.4, -0.2) is 77.3 Å². The van der Waals surface area contributed by atoms with E-state index in [-0.39, 0.29) is 5.91 Å². The van der Waals surface area contributed by atoms with Crippen LogP contribution in [0.2, 0.25) is 0 Å². The minimum Gasteiger partial charge on any atom is -0.352 e. The van der Waals surface area contributed by atoms with E-state index in [1.807, 2.05) is 36.1 Å². The van der Waals surface area contributed by atoms with Crippen molar-refractivity contribution in [3.05, 3.63) is 48.3 Å². The predicted molar refractivity (Wildman–Crippen MR) is 113 cm³/mol. The molecule has 1 aliphatic heterocycles. The Labute approximate surface area is 171 Å². The molecule has 0 radical (unpaired) electrons. The smallest absolute Gasteiger partial charge is 0.234 e. The SMILES string of the molecule is CN=C(NCc1cccc(-n2cccn2)c1)N1CCN(CC(=O)NC2CC2)CC1. The van der Waals surface area contributed by atoms with E-state index in [1.54, 1.807) is 6.20 Å². The standard InChI is InChI=1S/C21H29N7O/c1-22-21(23-15-17-4-2-5-19(14-17)28-9-3-8-24-28)27-12-10-26(11-13-27)16-20(29)25-18-6-7-18/h2-5,8-9,14,18H,6-7,10-13,15-16H2,1H3,(H,22,23)(H,25,29). The molecule has 1 aromatic heterocycles. The van der Waals surface area contributed by atoms with E-state index in [9.17, 15) is 4.79 Å². The number of aliphatic imine (C=N–C) groups is 1. The molecule has 0 bridgehead atoms. The molecule has 1 saturated heterocycles. The summed E-state index contributed by atoms with van der Waals surface area (Å²) in [6, 6.07) is 10.7. The van der Waals surface area contributed by atoms with Gasteiger partial charge >= 0.3 is 0 Å². The van der Waals surface area contributed by atoms with Crippen LogP contribution in [0.5, 0.6) is 0 Å². The number of nitrogens with zero attached hydrogens (tertiary/aromatic N) is 5. The van der Waals surface area contributed by atoms with Crippen molar-refractivity contribution in [1.29, 1.82) is 0 Å². The summed E-state index contributed by atoms with van der Waals surface area (Å²) in [6.07, 6.45) is 5.98. The second-order valence-corrected chi connectivity index (χ2v) is 7.63. The van der Waals surface area contributed by atoms with Crippen molar-refractivity contribution in [2.24, 2.45) is 4.99 Å². The molecule has 2 fully saturated rings. The first kappa shape index (κ1) is 19.4. The highest BCUT2D eigenvalue weighted by atomic mass is 16.2. The lowest BCUT2D eigenvalue weighted by atomic mass is 10.2. The first-order valence-electron chi connectivity index (χ1n) is 10.3. The lowest BCUT2D eigenvalue weighted by molar-refractivity contribution is -0.122. The van der Waals surface area contributed by atoms with Gasteiger partial charge in [-0.15, -0.1) is 0 Å². The van der Waals surface area contributed by atoms with Crippen molar-refractivity contribution in [1.82, 2.24) is 30.2 Å². The topological polar surface area (TPSA) is 77.8 Å². The molecule has 2 heterocycles. The molecule has 2 aromatic rings. The Kier molecular flexibility index (Phi) is 6.09. The number of carbonyl (C=O) groups is 1. The Morgan fingerprint density at radius 3 is 2.72 bits per heavy atom. The normalized spacial score (nSPS) is 18.0. The van der Waals surface area contributed by atoms with Gasteiger partial charge in [-0.1, -0.05) is 12.1 Å². The molecule has 4 rings (SSSR count). The molecule has 0 spiro atoms. The summed E-state index contributed by atoms with van der Waals surface area (Å²) in [4.78, 5) is 20.9. The Balaban J connectivity index is 1.26. The van der Waals surface area contributed by atoms with Crippen molar-refractivity contribution >= 4 is 11.9 Å². The number of guanidine groups is 1. The molecule has 1 amide bonds. The summed E-state index contributed by atoms with van der Waals surface area (Å²) in [5, 5.41) is 10.8. The van der Waals surface area contributed by atoms with Crippen molar-refractivity contribution in [3.8, 4) is 5.69 Å². The Hall–Kier alpha value is -2.87. The van der Waals surface area contributed by atoms with Crippen LogP contribution in [0.15, 0.2) is 47.7 Å². The fourth-order valence-electron chi connectivity index (χ4n) is 3.57. The van der Waals surface area contributed by atoms with E-state index < -0.39 is 0 Å². The van der Waals surface area contributed by atoms with Gasteiger partial charge in [-0.05, 0) is 36.6 Å². The second kappa shape index (κ2) is 9.09. The van der Waals surface area contributed by atoms with Gasteiger partial charge in [0.15, 0.2) is 5.96 Å². The summed E-state index contributed by atoms with van der Waals surface area (Å²) in [5.41, 5.74) is 2.22. The zero-order valence-corrected chi connectivity index (χ0v) is 16.9. The van der Waals surface area contributed by atoms with E-state index in [1.165, 1.54) is 5.56 Å². The van der Waals surface area contributed by atoms with Crippen molar-refractivity contribution < 1.29 is 4.79 Å². The van der Waals surface area contributed by atoms with Crippen LogP contribution in [0.25, 0.3) is 5.69 Å². The molecule has 8 heteroatoms. The Morgan fingerprint density at radius 1 is 1.21 bits per heavy atom. The number of nitrogens with one attached hydrogen (secondary N) is 2. The first-order chi connectivity index (χ1) is 14.2. The number of benzene rings is 1. The third-order valence-corrected chi connectivity index (χ3v) is 5.32. The van der Waals surface area contributed by atoms with E-state index in [0.29, 0.717) is 19.1 Å². The highest BCUT2D eigenvalue weighted by molar-refractivity contribution is 5.80. The maximum Gasteiger partial charge on any atom is 0.234 e. The molecule has 1 aromatic carbocycles. The van der Waals surface area contributed by atoms with Crippen molar-refractivity contribution in [2.45, 2.75) is 25.4 Å². The van der Waals surface area contributed by atoms with E-state index in [2.05, 4.69) is 42.7 Å². The lowest BCUT2D eigenvalue weighted by Crippen LogP contribution is -2.54. The van der Waals surface area contributed by atoms with Gasteiger partial charge in [0, 0.05) is 58.2 Å². The number of aromatic nitrogens is 2. The summed E-state index contributed by atoms with van der Waals surface area (Å²) in [5.74, 6) is 1.05. The van der Waals surface area contributed by atoms with Gasteiger partial charge in [-0.25, -0.2) is 4.68 Å². The van der Waals surface area contributed by atoms with Gasteiger partial charge in [0.25, 0.3) is 0 Å². The zero-order chi connectivity index (χ0) is 20.1. The highest BCUT2D eigenvalue weighted by Gasteiger charge is 2.25. The molecule has 2 aliphatic rings. The van der Waals surface area contributed by atoms with Crippen molar-refractivity contribution in [3.63, 3.8) is 0 Å². The number of carbonyl (C=O) groups excluding carboxylic acids is 1. The number of hydrogen-bond donors (Lipinski definition) is 2. The summed E-state index contributed by atoms with van der Waals surface area (Å²) in [6.45, 7) is 4.66. The van der Waals surface area contributed by atoms with Crippen LogP contribution in [0.3, 0.4) is 0 Å². The Bertz CT molecular complexity index is 836.